The SMILES string of the molecule is CC(C)N(C(=O)O)c1nnc2c(NCc3ccccc3F)nccn12. The average Bonchev–Trinajstić information content (AvgIpc) is 2.98. The Hall–Kier alpha value is -3.23. The van der Waals surface area contributed by atoms with Crippen LogP contribution in [-0.2, 0) is 6.54 Å². The number of hydrogen-bond acceptors (Lipinski definition) is 5. The number of fused-ring (bicyclic) bond motifs is 1. The van der Waals surface area contributed by atoms with Gasteiger partial charge >= 0.3 is 6.09 Å². The summed E-state index contributed by atoms with van der Waals surface area (Å²) in [6.45, 7) is 3.70. The highest BCUT2D eigenvalue weighted by atomic mass is 19.1. The largest absolute Gasteiger partial charge is 0.465 e. The molecule has 0 aliphatic carbocycles. The standard InChI is InChI=1S/C16H17FN6O2/c1-10(2)23(16(24)25)15-21-20-14-13(18-7-8-22(14)15)19-9-11-5-3-4-6-12(11)17/h3-8,10H,9H2,1-2H3,(H,18,19)(H,24,25). The number of carboxylic acid groups (broad SMARTS) is 1. The highest BCUT2D eigenvalue weighted by Crippen LogP contribution is 2.20. The van der Waals surface area contributed by atoms with Crippen molar-refractivity contribution in [1.82, 2.24) is 19.6 Å². The normalized spacial score (nSPS) is 11.0. The van der Waals surface area contributed by atoms with Crippen LogP contribution in [0.3, 0.4) is 0 Å². The molecule has 0 fully saturated rings. The molecule has 2 aromatic heterocycles. The predicted octanol–water partition coefficient (Wildman–Crippen LogP) is 2.77. The number of amides is 1. The van der Waals surface area contributed by atoms with Gasteiger partial charge in [-0.2, -0.15) is 0 Å². The number of rotatable bonds is 5. The number of nitrogens with zero attached hydrogens (tertiary/aromatic N) is 5. The van der Waals surface area contributed by atoms with E-state index in [0.29, 0.717) is 17.0 Å². The van der Waals surface area contributed by atoms with Crippen LogP contribution in [0.15, 0.2) is 36.7 Å². The van der Waals surface area contributed by atoms with Crippen LogP contribution in [0.2, 0.25) is 0 Å². The molecule has 0 atom stereocenters. The molecule has 3 aromatic rings. The Balaban J connectivity index is 1.93. The van der Waals surface area contributed by atoms with Gasteiger partial charge in [-0.25, -0.2) is 19.1 Å². The van der Waals surface area contributed by atoms with Crippen molar-refractivity contribution in [2.45, 2.75) is 26.4 Å². The van der Waals surface area contributed by atoms with Gasteiger partial charge < -0.3 is 10.4 Å². The van der Waals surface area contributed by atoms with E-state index in [2.05, 4.69) is 20.5 Å². The molecule has 1 amide bonds. The lowest BCUT2D eigenvalue weighted by atomic mass is 10.2. The Morgan fingerprint density at radius 3 is 2.80 bits per heavy atom. The molecule has 0 bridgehead atoms. The van der Waals surface area contributed by atoms with Crippen LogP contribution in [0.4, 0.5) is 21.0 Å². The molecule has 0 spiro atoms. The van der Waals surface area contributed by atoms with Crippen molar-refractivity contribution in [3.63, 3.8) is 0 Å². The fraction of sp³-hybridized carbons (Fsp3) is 0.250. The smallest absolute Gasteiger partial charge is 0.414 e. The molecule has 0 aliphatic heterocycles. The monoisotopic (exact) mass is 344 g/mol. The van der Waals surface area contributed by atoms with Crippen LogP contribution in [0.5, 0.6) is 0 Å². The van der Waals surface area contributed by atoms with E-state index >= 15 is 0 Å². The number of aromatic nitrogens is 4. The molecule has 3 rings (SSSR count). The molecule has 0 radical (unpaired) electrons. The van der Waals surface area contributed by atoms with Crippen LogP contribution in [0.25, 0.3) is 5.65 Å². The van der Waals surface area contributed by atoms with Crippen LogP contribution in [0.1, 0.15) is 19.4 Å². The molecule has 0 saturated carbocycles. The number of hydrogen-bond donors (Lipinski definition) is 2. The zero-order chi connectivity index (χ0) is 18.0. The van der Waals surface area contributed by atoms with Crippen molar-refractivity contribution < 1.29 is 14.3 Å². The summed E-state index contributed by atoms with van der Waals surface area (Å²) in [7, 11) is 0. The maximum absolute atomic E-state index is 13.7. The summed E-state index contributed by atoms with van der Waals surface area (Å²) in [5.41, 5.74) is 0.848. The van der Waals surface area contributed by atoms with E-state index in [4.69, 9.17) is 0 Å². The molecule has 9 heteroatoms. The molecule has 130 valence electrons. The summed E-state index contributed by atoms with van der Waals surface area (Å²) in [4.78, 5) is 16.8. The second-order valence-electron chi connectivity index (χ2n) is 5.66. The van der Waals surface area contributed by atoms with Crippen LogP contribution in [0, 0.1) is 5.82 Å². The van der Waals surface area contributed by atoms with Gasteiger partial charge in [0.05, 0.1) is 0 Å². The summed E-state index contributed by atoms with van der Waals surface area (Å²) >= 11 is 0. The number of anilines is 2. The Morgan fingerprint density at radius 2 is 2.12 bits per heavy atom. The fourth-order valence-electron chi connectivity index (χ4n) is 2.46. The first kappa shape index (κ1) is 16.6. The minimum Gasteiger partial charge on any atom is -0.465 e. The number of halogens is 1. The minimum atomic E-state index is -1.12. The lowest BCUT2D eigenvalue weighted by Crippen LogP contribution is -2.37. The molecular formula is C16H17FN6O2. The first-order valence-electron chi connectivity index (χ1n) is 7.68. The third-order valence-corrected chi connectivity index (χ3v) is 3.65. The quantitative estimate of drug-likeness (QED) is 0.739. The van der Waals surface area contributed by atoms with Crippen molar-refractivity contribution in [3.8, 4) is 0 Å². The first-order valence-corrected chi connectivity index (χ1v) is 7.68. The van der Waals surface area contributed by atoms with Crippen molar-refractivity contribution in [2.75, 3.05) is 10.2 Å². The van der Waals surface area contributed by atoms with Crippen molar-refractivity contribution >= 4 is 23.5 Å². The average molecular weight is 344 g/mol. The van der Waals surface area contributed by atoms with Crippen molar-refractivity contribution in [1.29, 1.82) is 0 Å². The third kappa shape index (κ3) is 3.21. The molecule has 0 saturated heterocycles. The van der Waals surface area contributed by atoms with Gasteiger partial charge in [0.2, 0.25) is 11.6 Å². The van der Waals surface area contributed by atoms with Gasteiger partial charge in [0.1, 0.15) is 5.82 Å². The molecule has 25 heavy (non-hydrogen) atoms. The van der Waals surface area contributed by atoms with Gasteiger partial charge in [-0.05, 0) is 19.9 Å². The second kappa shape index (κ2) is 6.71. The first-order chi connectivity index (χ1) is 12.0. The number of benzene rings is 1. The van der Waals surface area contributed by atoms with E-state index in [-0.39, 0.29) is 24.4 Å². The number of carbonyl (C=O) groups is 1. The van der Waals surface area contributed by atoms with Gasteiger partial charge in [0.25, 0.3) is 0 Å². The molecular weight excluding hydrogens is 327 g/mol. The van der Waals surface area contributed by atoms with E-state index in [0.717, 1.165) is 4.90 Å². The fourth-order valence-corrected chi connectivity index (χ4v) is 2.46. The molecule has 1 aromatic carbocycles. The van der Waals surface area contributed by atoms with Gasteiger partial charge in [0, 0.05) is 30.5 Å². The number of nitrogens with one attached hydrogen (secondary N) is 1. The Labute approximate surface area is 142 Å². The maximum Gasteiger partial charge on any atom is 0.414 e. The summed E-state index contributed by atoms with van der Waals surface area (Å²) in [5, 5.41) is 20.4. The van der Waals surface area contributed by atoms with Gasteiger partial charge in [-0.3, -0.25) is 4.40 Å². The zero-order valence-electron chi connectivity index (χ0n) is 13.7. The van der Waals surface area contributed by atoms with Gasteiger partial charge in [0.15, 0.2) is 5.82 Å². The van der Waals surface area contributed by atoms with Gasteiger partial charge in [-0.1, -0.05) is 18.2 Å². The van der Waals surface area contributed by atoms with E-state index in [1.165, 1.54) is 16.7 Å². The molecule has 0 aliphatic rings. The minimum absolute atomic E-state index is 0.175. The highest BCUT2D eigenvalue weighted by molar-refractivity contribution is 5.85. The van der Waals surface area contributed by atoms with Gasteiger partial charge in [-0.15, -0.1) is 10.2 Å². The maximum atomic E-state index is 13.7. The summed E-state index contributed by atoms with van der Waals surface area (Å²) in [6.07, 6.45) is 1.96. The van der Waals surface area contributed by atoms with E-state index in [9.17, 15) is 14.3 Å². The van der Waals surface area contributed by atoms with E-state index < -0.39 is 6.09 Å². The molecule has 0 unspecified atom stereocenters. The third-order valence-electron chi connectivity index (χ3n) is 3.65. The topological polar surface area (TPSA) is 95.7 Å². The molecule has 2 N–H and O–H groups in total. The second-order valence-corrected chi connectivity index (χ2v) is 5.66. The summed E-state index contributed by atoms with van der Waals surface area (Å²) < 4.78 is 15.3. The van der Waals surface area contributed by atoms with Crippen LogP contribution in [-0.4, -0.2) is 36.8 Å². The van der Waals surface area contributed by atoms with E-state index in [1.807, 2.05) is 0 Å². The van der Waals surface area contributed by atoms with Crippen molar-refractivity contribution in [2.24, 2.45) is 0 Å². The van der Waals surface area contributed by atoms with Crippen LogP contribution >= 0.6 is 0 Å². The molecule has 2 heterocycles. The Bertz CT molecular complexity index is 911. The Kier molecular flexibility index (Phi) is 4.46. The van der Waals surface area contributed by atoms with E-state index in [1.54, 1.807) is 38.2 Å². The lowest BCUT2D eigenvalue weighted by Gasteiger charge is -2.20. The summed E-state index contributed by atoms with van der Waals surface area (Å²) in [5.74, 6) is 0.244. The zero-order valence-corrected chi connectivity index (χ0v) is 13.7. The lowest BCUT2D eigenvalue weighted by molar-refractivity contribution is 0.199. The van der Waals surface area contributed by atoms with Crippen LogP contribution < -0.4 is 10.2 Å². The highest BCUT2D eigenvalue weighted by Gasteiger charge is 2.24. The Morgan fingerprint density at radius 1 is 1.36 bits per heavy atom. The molecule has 8 nitrogen and oxygen atoms in total. The van der Waals surface area contributed by atoms with Crippen molar-refractivity contribution in [3.05, 3.63) is 48.0 Å². The predicted molar refractivity (Wildman–Crippen MR) is 90.1 cm³/mol. The summed E-state index contributed by atoms with van der Waals surface area (Å²) in [6, 6.07) is 6.11.